The highest BCUT2D eigenvalue weighted by molar-refractivity contribution is 5.86. The van der Waals surface area contributed by atoms with Gasteiger partial charge in [0.2, 0.25) is 17.7 Å². The Bertz CT molecular complexity index is 899. The number of likely N-dealkylation sites (tertiary alicyclic amines) is 1. The number of hydrogen-bond acceptors (Lipinski definition) is 6. The topological polar surface area (TPSA) is 81.6 Å². The van der Waals surface area contributed by atoms with Crippen molar-refractivity contribution >= 4 is 16.9 Å². The van der Waals surface area contributed by atoms with Gasteiger partial charge in [0.25, 0.3) is 0 Å². The molecule has 0 bridgehead atoms. The predicted molar refractivity (Wildman–Crippen MR) is 93.5 cm³/mol. The smallest absolute Gasteiger partial charge is 0.239 e. The highest BCUT2D eigenvalue weighted by atomic mass is 16.5. The molecule has 1 aliphatic rings. The Morgan fingerprint density at radius 1 is 1.31 bits per heavy atom. The van der Waals surface area contributed by atoms with Crippen LogP contribution in [0, 0.1) is 6.92 Å². The number of benzene rings is 1. The Hall–Kier alpha value is -2.67. The fraction of sp³-hybridized carbons (Fsp3) is 0.421. The molecule has 3 aromatic rings. The highest BCUT2D eigenvalue weighted by Gasteiger charge is 2.41. The van der Waals surface area contributed by atoms with E-state index < -0.39 is 5.92 Å². The van der Waals surface area contributed by atoms with Crippen molar-refractivity contribution in [1.29, 1.82) is 0 Å². The van der Waals surface area contributed by atoms with E-state index in [2.05, 4.69) is 10.2 Å². The number of hydrogen-bond donors (Lipinski definition) is 0. The fourth-order valence-electron chi connectivity index (χ4n) is 3.48. The first-order chi connectivity index (χ1) is 12.6. The third-order valence-electron chi connectivity index (χ3n) is 4.95. The fourth-order valence-corrected chi connectivity index (χ4v) is 3.48. The van der Waals surface area contributed by atoms with E-state index in [9.17, 15) is 4.79 Å². The molecule has 0 saturated carbocycles. The maximum absolute atomic E-state index is 13.2. The number of rotatable bonds is 4. The van der Waals surface area contributed by atoms with Crippen molar-refractivity contribution in [1.82, 2.24) is 15.1 Å². The van der Waals surface area contributed by atoms with E-state index in [4.69, 9.17) is 13.6 Å². The summed E-state index contributed by atoms with van der Waals surface area (Å²) in [5.41, 5.74) is 0.780. The summed E-state index contributed by atoms with van der Waals surface area (Å²) in [6.07, 6.45) is 0.579. The summed E-state index contributed by atoms with van der Waals surface area (Å²) in [6.45, 7) is 4.09. The minimum Gasteiger partial charge on any atom is -0.460 e. The van der Waals surface area contributed by atoms with E-state index in [0.717, 1.165) is 11.0 Å². The third-order valence-corrected chi connectivity index (χ3v) is 4.95. The summed E-state index contributed by atoms with van der Waals surface area (Å²) in [4.78, 5) is 15.0. The van der Waals surface area contributed by atoms with E-state index in [1.807, 2.05) is 37.3 Å². The molecule has 2 aromatic heterocycles. The van der Waals surface area contributed by atoms with Crippen molar-refractivity contribution < 1.29 is 18.4 Å². The maximum atomic E-state index is 13.2. The van der Waals surface area contributed by atoms with Crippen LogP contribution in [0.25, 0.3) is 11.0 Å². The number of carbonyl (C=O) groups excluding carboxylic acids is 1. The van der Waals surface area contributed by atoms with Crippen molar-refractivity contribution in [2.24, 2.45) is 0 Å². The lowest BCUT2D eigenvalue weighted by Crippen LogP contribution is -2.35. The Balaban J connectivity index is 1.61. The normalized spacial score (nSPS) is 21.4. The van der Waals surface area contributed by atoms with Gasteiger partial charge in [-0.3, -0.25) is 4.79 Å². The van der Waals surface area contributed by atoms with Crippen molar-refractivity contribution in [2.45, 2.75) is 38.3 Å². The zero-order chi connectivity index (χ0) is 18.3. The number of aromatic nitrogens is 2. The van der Waals surface area contributed by atoms with Gasteiger partial charge in [-0.2, -0.15) is 0 Å². The van der Waals surface area contributed by atoms with Gasteiger partial charge in [0, 0.05) is 32.4 Å². The van der Waals surface area contributed by atoms with Crippen molar-refractivity contribution in [3.63, 3.8) is 0 Å². The molecule has 7 heteroatoms. The molecule has 1 fully saturated rings. The number of aryl methyl sites for hydroxylation is 1. The SMILES string of the molecule is CO[C@@H]1C[C@H](c2nnc(C)o2)N(C(=O)C(C)c2cc3ccccc3o2)C1. The molecule has 7 nitrogen and oxygen atoms in total. The predicted octanol–water partition coefficient (Wildman–Crippen LogP) is 3.22. The van der Waals surface area contributed by atoms with E-state index >= 15 is 0 Å². The van der Waals surface area contributed by atoms with Crippen molar-refractivity contribution in [3.8, 4) is 0 Å². The van der Waals surface area contributed by atoms with Gasteiger partial charge < -0.3 is 18.5 Å². The standard InChI is InChI=1S/C19H21N3O4/c1-11(17-8-13-6-4-5-7-16(13)26-17)19(23)22-10-14(24-3)9-15(22)18-21-20-12(2)25-18/h4-8,11,14-15H,9-10H2,1-3H3/t11?,14-,15-/m1/s1. The van der Waals surface area contributed by atoms with E-state index in [1.54, 1.807) is 18.9 Å². The molecule has 1 amide bonds. The number of methoxy groups -OCH3 is 1. The average molecular weight is 355 g/mol. The second kappa shape index (κ2) is 6.57. The first kappa shape index (κ1) is 16.8. The molecule has 1 aromatic carbocycles. The molecular formula is C19H21N3O4. The zero-order valence-electron chi connectivity index (χ0n) is 15.0. The lowest BCUT2D eigenvalue weighted by atomic mass is 10.1. The highest BCUT2D eigenvalue weighted by Crippen LogP contribution is 2.36. The molecule has 0 spiro atoms. The van der Waals surface area contributed by atoms with Gasteiger partial charge in [0.1, 0.15) is 17.4 Å². The lowest BCUT2D eigenvalue weighted by molar-refractivity contribution is -0.134. The Morgan fingerprint density at radius 2 is 2.12 bits per heavy atom. The van der Waals surface area contributed by atoms with Gasteiger partial charge in [-0.25, -0.2) is 0 Å². The van der Waals surface area contributed by atoms with Crippen LogP contribution in [0.15, 0.2) is 39.2 Å². The summed E-state index contributed by atoms with van der Waals surface area (Å²) in [7, 11) is 1.65. The zero-order valence-corrected chi connectivity index (χ0v) is 15.0. The quantitative estimate of drug-likeness (QED) is 0.715. The van der Waals surface area contributed by atoms with E-state index in [0.29, 0.717) is 30.5 Å². The molecule has 0 aliphatic carbocycles. The minimum atomic E-state index is -0.412. The number of amides is 1. The molecule has 4 rings (SSSR count). The van der Waals surface area contributed by atoms with Gasteiger partial charge >= 0.3 is 0 Å². The first-order valence-corrected chi connectivity index (χ1v) is 8.68. The van der Waals surface area contributed by atoms with Crippen LogP contribution in [-0.2, 0) is 9.53 Å². The molecule has 3 atom stereocenters. The van der Waals surface area contributed by atoms with E-state index in [-0.39, 0.29) is 18.1 Å². The van der Waals surface area contributed by atoms with Gasteiger partial charge in [-0.05, 0) is 19.1 Å². The van der Waals surface area contributed by atoms with E-state index in [1.165, 1.54) is 0 Å². The van der Waals surface area contributed by atoms with Gasteiger partial charge in [0.15, 0.2) is 0 Å². The van der Waals surface area contributed by atoms with Crippen molar-refractivity contribution in [2.75, 3.05) is 13.7 Å². The number of para-hydroxylation sites is 1. The second-order valence-electron chi connectivity index (χ2n) is 6.67. The average Bonchev–Trinajstić information content (AvgIpc) is 3.37. The van der Waals surface area contributed by atoms with Gasteiger partial charge in [-0.1, -0.05) is 18.2 Å². The molecule has 26 heavy (non-hydrogen) atoms. The molecule has 0 radical (unpaired) electrons. The third kappa shape index (κ3) is 2.88. The van der Waals surface area contributed by atoms with Crippen molar-refractivity contribution in [3.05, 3.63) is 47.9 Å². The summed E-state index contributed by atoms with van der Waals surface area (Å²) in [5.74, 6) is 1.14. The molecule has 3 heterocycles. The maximum Gasteiger partial charge on any atom is 0.239 e. The number of furan rings is 1. The second-order valence-corrected chi connectivity index (χ2v) is 6.67. The largest absolute Gasteiger partial charge is 0.460 e. The first-order valence-electron chi connectivity index (χ1n) is 8.68. The Morgan fingerprint density at radius 3 is 2.81 bits per heavy atom. The van der Waals surface area contributed by atoms with Crippen LogP contribution in [0.5, 0.6) is 0 Å². The Kier molecular flexibility index (Phi) is 4.24. The molecule has 1 saturated heterocycles. The van der Waals surface area contributed by atoms with Crippen LogP contribution >= 0.6 is 0 Å². The molecule has 0 N–H and O–H groups in total. The van der Waals surface area contributed by atoms with Gasteiger partial charge in [0.05, 0.1) is 12.0 Å². The van der Waals surface area contributed by atoms with Crippen LogP contribution in [0.3, 0.4) is 0 Å². The van der Waals surface area contributed by atoms with Crippen LogP contribution in [-0.4, -0.2) is 40.8 Å². The monoisotopic (exact) mass is 355 g/mol. The number of fused-ring (bicyclic) bond motifs is 1. The molecular weight excluding hydrogens is 334 g/mol. The van der Waals surface area contributed by atoms with Crippen LogP contribution < -0.4 is 0 Å². The molecule has 136 valence electrons. The Labute approximate surface area is 150 Å². The summed E-state index contributed by atoms with van der Waals surface area (Å²) in [5, 5.41) is 8.99. The van der Waals surface area contributed by atoms with Crippen LogP contribution in [0.4, 0.5) is 0 Å². The van der Waals surface area contributed by atoms with Crippen LogP contribution in [0.2, 0.25) is 0 Å². The molecule has 1 unspecified atom stereocenters. The number of nitrogens with zero attached hydrogens (tertiary/aromatic N) is 3. The minimum absolute atomic E-state index is 0.0375. The van der Waals surface area contributed by atoms with Gasteiger partial charge in [-0.15, -0.1) is 10.2 Å². The lowest BCUT2D eigenvalue weighted by Gasteiger charge is -2.24. The summed E-state index contributed by atoms with van der Waals surface area (Å²) in [6, 6.07) is 9.39. The molecule has 1 aliphatic heterocycles. The summed E-state index contributed by atoms with van der Waals surface area (Å²) >= 11 is 0. The number of ether oxygens (including phenoxy) is 1. The summed E-state index contributed by atoms with van der Waals surface area (Å²) < 4.78 is 16.9. The number of carbonyl (C=O) groups is 1. The van der Waals surface area contributed by atoms with Crippen LogP contribution in [0.1, 0.15) is 42.8 Å².